The minimum atomic E-state index is -1.17. The van der Waals surface area contributed by atoms with Crippen LogP contribution in [0.15, 0.2) is 67.1 Å². The van der Waals surface area contributed by atoms with Gasteiger partial charge >= 0.3 is 12.1 Å². The number of carbonyl (C=O) groups excluding carboxylic acids is 2. The Morgan fingerprint density at radius 2 is 1.82 bits per heavy atom. The maximum absolute atomic E-state index is 13.4. The van der Waals surface area contributed by atoms with E-state index in [0.29, 0.717) is 17.0 Å². The van der Waals surface area contributed by atoms with Crippen LogP contribution in [0.2, 0.25) is 0 Å². The number of carboxylic acids is 1. The first-order valence-electron chi connectivity index (χ1n) is 10.5. The van der Waals surface area contributed by atoms with Gasteiger partial charge in [0.05, 0.1) is 13.4 Å². The van der Waals surface area contributed by atoms with E-state index >= 15 is 0 Å². The lowest BCUT2D eigenvalue weighted by Gasteiger charge is -2.26. The summed E-state index contributed by atoms with van der Waals surface area (Å²) in [7, 11) is 1.54. The fraction of sp³-hybridized carbons (Fsp3) is 0.250. The number of aliphatic carboxylic acids is 1. The Bertz CT molecular complexity index is 1070. The Hall–Kier alpha value is -4.34. The Morgan fingerprint density at radius 3 is 2.44 bits per heavy atom. The molecular weight excluding hydrogens is 440 g/mol. The smallest absolute Gasteiger partial charge is 0.408 e. The molecule has 0 bridgehead atoms. The molecule has 1 atom stereocenters. The van der Waals surface area contributed by atoms with Gasteiger partial charge in [0.15, 0.2) is 0 Å². The van der Waals surface area contributed by atoms with Crippen molar-refractivity contribution in [1.29, 1.82) is 0 Å². The highest BCUT2D eigenvalue weighted by Gasteiger charge is 2.29. The molecular formula is C24H26N4O6. The number of nitrogens with one attached hydrogen (secondary N) is 2. The lowest BCUT2D eigenvalue weighted by molar-refractivity contribution is -0.145. The number of aromatic amines is 1. The molecule has 10 heteroatoms. The molecule has 10 nitrogen and oxygen atoms in total. The maximum Gasteiger partial charge on any atom is 0.408 e. The van der Waals surface area contributed by atoms with Crippen molar-refractivity contribution in [3.63, 3.8) is 0 Å². The first-order chi connectivity index (χ1) is 16.4. The number of methoxy groups -OCH3 is 1. The molecule has 34 heavy (non-hydrogen) atoms. The summed E-state index contributed by atoms with van der Waals surface area (Å²) in [6, 6.07) is 15.0. The van der Waals surface area contributed by atoms with Crippen LogP contribution in [0.1, 0.15) is 16.8 Å². The second-order valence-corrected chi connectivity index (χ2v) is 7.48. The number of amides is 2. The molecule has 0 fully saturated rings. The zero-order chi connectivity index (χ0) is 24.3. The number of benzene rings is 2. The fourth-order valence-electron chi connectivity index (χ4n) is 3.27. The van der Waals surface area contributed by atoms with Crippen molar-refractivity contribution in [2.45, 2.75) is 25.6 Å². The van der Waals surface area contributed by atoms with Crippen LogP contribution >= 0.6 is 0 Å². The van der Waals surface area contributed by atoms with Crippen molar-refractivity contribution in [3.05, 3.63) is 83.9 Å². The van der Waals surface area contributed by atoms with E-state index in [1.807, 2.05) is 30.3 Å². The Labute approximate surface area is 196 Å². The molecule has 2 aromatic carbocycles. The van der Waals surface area contributed by atoms with E-state index < -0.39 is 30.6 Å². The van der Waals surface area contributed by atoms with Gasteiger partial charge in [-0.1, -0.05) is 42.5 Å². The molecule has 178 valence electrons. The predicted molar refractivity (Wildman–Crippen MR) is 122 cm³/mol. The van der Waals surface area contributed by atoms with E-state index in [1.54, 1.807) is 24.3 Å². The van der Waals surface area contributed by atoms with Gasteiger partial charge in [0.2, 0.25) is 5.91 Å². The standard InChI is InChI=1S/C24H26N4O6/c1-33-20-9-7-17(8-10-20)13-28(14-22(29)30)23(31)21(11-19-12-25-16-26-19)27-24(32)34-15-18-5-3-2-4-6-18/h2-10,12,16,21H,11,13-15H2,1H3,(H,25,26)(H,27,32)(H,29,30). The molecule has 1 unspecified atom stereocenters. The minimum absolute atomic E-state index is 0.0301. The number of carbonyl (C=O) groups is 3. The summed E-state index contributed by atoms with van der Waals surface area (Å²) in [6.07, 6.45) is 2.28. The van der Waals surface area contributed by atoms with E-state index in [0.717, 1.165) is 5.56 Å². The summed E-state index contributed by atoms with van der Waals surface area (Å²) in [4.78, 5) is 45.3. The second-order valence-electron chi connectivity index (χ2n) is 7.48. The van der Waals surface area contributed by atoms with Crippen LogP contribution in [0.4, 0.5) is 4.79 Å². The molecule has 3 rings (SSSR count). The first kappa shape index (κ1) is 24.3. The van der Waals surface area contributed by atoms with Crippen molar-refractivity contribution in [2.75, 3.05) is 13.7 Å². The van der Waals surface area contributed by atoms with E-state index in [1.165, 1.54) is 24.5 Å². The number of rotatable bonds is 11. The van der Waals surface area contributed by atoms with Crippen LogP contribution in [0.25, 0.3) is 0 Å². The van der Waals surface area contributed by atoms with Gasteiger partial charge in [0.1, 0.15) is 24.9 Å². The maximum atomic E-state index is 13.4. The zero-order valence-corrected chi connectivity index (χ0v) is 18.6. The van der Waals surface area contributed by atoms with Gasteiger partial charge in [-0.2, -0.15) is 0 Å². The quantitative estimate of drug-likeness (QED) is 0.395. The average molecular weight is 466 g/mol. The van der Waals surface area contributed by atoms with Gasteiger partial charge in [0, 0.05) is 24.9 Å². The highest BCUT2D eigenvalue weighted by atomic mass is 16.5. The van der Waals surface area contributed by atoms with Crippen LogP contribution in [0, 0.1) is 0 Å². The van der Waals surface area contributed by atoms with Crippen LogP contribution in [-0.4, -0.2) is 57.6 Å². The van der Waals surface area contributed by atoms with Crippen molar-refractivity contribution in [1.82, 2.24) is 20.2 Å². The number of carboxylic acid groups (broad SMARTS) is 1. The van der Waals surface area contributed by atoms with Crippen molar-refractivity contribution >= 4 is 18.0 Å². The van der Waals surface area contributed by atoms with Gasteiger partial charge in [-0.25, -0.2) is 9.78 Å². The topological polar surface area (TPSA) is 134 Å². The lowest BCUT2D eigenvalue weighted by Crippen LogP contribution is -2.50. The van der Waals surface area contributed by atoms with Gasteiger partial charge in [-0.3, -0.25) is 9.59 Å². The Balaban J connectivity index is 1.74. The summed E-state index contributed by atoms with van der Waals surface area (Å²) >= 11 is 0. The molecule has 3 N–H and O–H groups in total. The highest BCUT2D eigenvalue weighted by molar-refractivity contribution is 5.88. The number of aromatic nitrogens is 2. The molecule has 0 saturated heterocycles. The lowest BCUT2D eigenvalue weighted by atomic mass is 10.1. The Kier molecular flexibility index (Phi) is 8.61. The number of hydrogen-bond acceptors (Lipinski definition) is 6. The third-order valence-corrected chi connectivity index (χ3v) is 4.95. The van der Waals surface area contributed by atoms with Crippen LogP contribution in [0.3, 0.4) is 0 Å². The van der Waals surface area contributed by atoms with E-state index in [-0.39, 0.29) is 19.6 Å². The van der Waals surface area contributed by atoms with Crippen molar-refractivity contribution in [3.8, 4) is 5.75 Å². The third kappa shape index (κ3) is 7.37. The molecule has 2 amide bonds. The number of ether oxygens (including phenoxy) is 2. The van der Waals surface area contributed by atoms with Gasteiger partial charge in [0.25, 0.3) is 0 Å². The molecule has 0 saturated carbocycles. The normalized spacial score (nSPS) is 11.3. The number of H-pyrrole nitrogens is 1. The third-order valence-electron chi connectivity index (χ3n) is 4.95. The minimum Gasteiger partial charge on any atom is -0.497 e. The van der Waals surface area contributed by atoms with E-state index in [9.17, 15) is 19.5 Å². The molecule has 1 heterocycles. The average Bonchev–Trinajstić information content (AvgIpc) is 3.35. The van der Waals surface area contributed by atoms with Crippen molar-refractivity contribution < 1.29 is 29.0 Å². The predicted octanol–water partition coefficient (Wildman–Crippen LogP) is 2.37. The monoisotopic (exact) mass is 466 g/mol. The molecule has 3 aromatic rings. The zero-order valence-electron chi connectivity index (χ0n) is 18.6. The van der Waals surface area contributed by atoms with E-state index in [4.69, 9.17) is 9.47 Å². The summed E-state index contributed by atoms with van der Waals surface area (Å²) in [5, 5.41) is 12.0. The highest BCUT2D eigenvalue weighted by Crippen LogP contribution is 2.14. The van der Waals surface area contributed by atoms with Crippen LogP contribution in [-0.2, 0) is 33.9 Å². The summed E-state index contributed by atoms with van der Waals surface area (Å²) in [6.45, 7) is -0.469. The summed E-state index contributed by atoms with van der Waals surface area (Å²) in [5.41, 5.74) is 2.10. The molecule has 0 aliphatic heterocycles. The number of alkyl carbamates (subject to hydrolysis) is 1. The van der Waals surface area contributed by atoms with E-state index in [2.05, 4.69) is 15.3 Å². The molecule has 1 aromatic heterocycles. The van der Waals surface area contributed by atoms with Gasteiger partial charge < -0.3 is 29.8 Å². The number of imidazole rings is 1. The number of nitrogens with zero attached hydrogens (tertiary/aromatic N) is 2. The Morgan fingerprint density at radius 1 is 1.09 bits per heavy atom. The van der Waals surface area contributed by atoms with Crippen LogP contribution in [0.5, 0.6) is 5.75 Å². The number of hydrogen-bond donors (Lipinski definition) is 3. The van der Waals surface area contributed by atoms with Gasteiger partial charge in [-0.05, 0) is 23.3 Å². The summed E-state index contributed by atoms with van der Waals surface area (Å²) in [5.74, 6) is -1.10. The largest absolute Gasteiger partial charge is 0.497 e. The molecule has 0 aliphatic carbocycles. The molecule has 0 radical (unpaired) electrons. The second kappa shape index (κ2) is 12.0. The SMILES string of the molecule is COc1ccc(CN(CC(=O)O)C(=O)C(Cc2cnc[nH]2)NC(=O)OCc2ccccc2)cc1. The summed E-state index contributed by atoms with van der Waals surface area (Å²) < 4.78 is 10.4. The van der Waals surface area contributed by atoms with Crippen LogP contribution < -0.4 is 10.1 Å². The van der Waals surface area contributed by atoms with Crippen molar-refractivity contribution in [2.24, 2.45) is 0 Å². The van der Waals surface area contributed by atoms with Gasteiger partial charge in [-0.15, -0.1) is 0 Å². The molecule has 0 aliphatic rings. The fourth-order valence-corrected chi connectivity index (χ4v) is 3.27. The first-order valence-corrected chi connectivity index (χ1v) is 10.5. The molecule has 0 spiro atoms.